The van der Waals surface area contributed by atoms with E-state index < -0.39 is 0 Å². The Morgan fingerprint density at radius 1 is 1.14 bits per heavy atom. The summed E-state index contributed by atoms with van der Waals surface area (Å²) in [7, 11) is 0. The van der Waals surface area contributed by atoms with E-state index in [0.717, 1.165) is 5.69 Å². The average Bonchev–Trinajstić information content (AvgIpc) is 2.56. The first-order valence-electron chi connectivity index (χ1n) is 7.16. The van der Waals surface area contributed by atoms with E-state index in [1.54, 1.807) is 12.3 Å². The van der Waals surface area contributed by atoms with Crippen LogP contribution in [0.5, 0.6) is 11.5 Å². The standard InChI is InChI=1S/C16H17N3O3/c20-16(18-9-7-12-4-1-2-8-17-12)19-13-5-3-6-14-15(13)22-11-10-21-14/h1-6,8H,7,9-11H2,(H2,18,19,20). The summed E-state index contributed by atoms with van der Waals surface area (Å²) in [4.78, 5) is 16.2. The van der Waals surface area contributed by atoms with Crippen LogP contribution < -0.4 is 20.1 Å². The van der Waals surface area contributed by atoms with Crippen LogP contribution in [0.2, 0.25) is 0 Å². The van der Waals surface area contributed by atoms with Crippen molar-refractivity contribution in [3.05, 3.63) is 48.3 Å². The largest absolute Gasteiger partial charge is 0.486 e. The number of ether oxygens (including phenoxy) is 2. The molecule has 0 aliphatic carbocycles. The molecule has 2 N–H and O–H groups in total. The Morgan fingerprint density at radius 2 is 2.05 bits per heavy atom. The molecule has 1 aromatic heterocycles. The number of carbonyl (C=O) groups is 1. The Hall–Kier alpha value is -2.76. The molecule has 0 saturated heterocycles. The molecule has 0 fully saturated rings. The van der Waals surface area contributed by atoms with Gasteiger partial charge in [0.2, 0.25) is 0 Å². The van der Waals surface area contributed by atoms with Crippen molar-refractivity contribution in [3.8, 4) is 11.5 Å². The summed E-state index contributed by atoms with van der Waals surface area (Å²) < 4.78 is 11.0. The quantitative estimate of drug-likeness (QED) is 0.908. The van der Waals surface area contributed by atoms with Gasteiger partial charge in [0.25, 0.3) is 0 Å². The first-order valence-corrected chi connectivity index (χ1v) is 7.16. The normalized spacial score (nSPS) is 12.5. The van der Waals surface area contributed by atoms with Crippen LogP contribution >= 0.6 is 0 Å². The van der Waals surface area contributed by atoms with E-state index in [0.29, 0.717) is 43.4 Å². The van der Waals surface area contributed by atoms with E-state index in [2.05, 4.69) is 15.6 Å². The predicted molar refractivity (Wildman–Crippen MR) is 82.4 cm³/mol. The number of aromatic nitrogens is 1. The van der Waals surface area contributed by atoms with Crippen molar-refractivity contribution in [2.75, 3.05) is 25.1 Å². The van der Waals surface area contributed by atoms with Crippen LogP contribution in [-0.4, -0.2) is 30.8 Å². The fourth-order valence-electron chi connectivity index (χ4n) is 2.19. The van der Waals surface area contributed by atoms with E-state index >= 15 is 0 Å². The number of rotatable bonds is 4. The second-order valence-corrected chi connectivity index (χ2v) is 4.78. The minimum absolute atomic E-state index is 0.279. The SMILES string of the molecule is O=C(NCCc1ccccn1)Nc1cccc2c1OCCO2. The Balaban J connectivity index is 1.54. The minimum Gasteiger partial charge on any atom is -0.486 e. The van der Waals surface area contributed by atoms with Gasteiger partial charge in [0, 0.05) is 24.9 Å². The monoisotopic (exact) mass is 299 g/mol. The van der Waals surface area contributed by atoms with Crippen molar-refractivity contribution in [1.29, 1.82) is 0 Å². The van der Waals surface area contributed by atoms with Crippen molar-refractivity contribution in [1.82, 2.24) is 10.3 Å². The molecule has 0 bridgehead atoms. The summed E-state index contributed by atoms with van der Waals surface area (Å²) in [6.45, 7) is 1.51. The topological polar surface area (TPSA) is 72.5 Å². The number of urea groups is 1. The molecule has 0 atom stereocenters. The van der Waals surface area contributed by atoms with Gasteiger partial charge in [-0.3, -0.25) is 4.98 Å². The molecule has 1 aliphatic rings. The van der Waals surface area contributed by atoms with Crippen LogP contribution in [0.25, 0.3) is 0 Å². The maximum atomic E-state index is 11.9. The molecule has 1 aromatic carbocycles. The molecule has 0 radical (unpaired) electrons. The minimum atomic E-state index is -0.279. The molecule has 2 aromatic rings. The number of hydrogen-bond donors (Lipinski definition) is 2. The molecular weight excluding hydrogens is 282 g/mol. The molecule has 0 saturated carbocycles. The van der Waals surface area contributed by atoms with Crippen LogP contribution in [-0.2, 0) is 6.42 Å². The van der Waals surface area contributed by atoms with E-state index in [9.17, 15) is 4.79 Å². The molecule has 2 heterocycles. The second-order valence-electron chi connectivity index (χ2n) is 4.78. The summed E-state index contributed by atoms with van der Waals surface area (Å²) in [6, 6.07) is 10.9. The Labute approximate surface area is 128 Å². The number of hydrogen-bond acceptors (Lipinski definition) is 4. The lowest BCUT2D eigenvalue weighted by Gasteiger charge is -2.21. The lowest BCUT2D eigenvalue weighted by molar-refractivity contribution is 0.172. The van der Waals surface area contributed by atoms with Crippen molar-refractivity contribution < 1.29 is 14.3 Å². The van der Waals surface area contributed by atoms with E-state index in [4.69, 9.17) is 9.47 Å². The first-order chi connectivity index (χ1) is 10.8. The zero-order chi connectivity index (χ0) is 15.2. The fraction of sp³-hybridized carbons (Fsp3) is 0.250. The number of para-hydroxylation sites is 1. The van der Waals surface area contributed by atoms with Crippen LogP contribution in [0.1, 0.15) is 5.69 Å². The zero-order valence-electron chi connectivity index (χ0n) is 12.0. The third kappa shape index (κ3) is 3.46. The number of anilines is 1. The zero-order valence-corrected chi connectivity index (χ0v) is 12.0. The van der Waals surface area contributed by atoms with Crippen molar-refractivity contribution in [2.24, 2.45) is 0 Å². The third-order valence-corrected chi connectivity index (χ3v) is 3.21. The molecule has 0 unspecified atom stereocenters. The Morgan fingerprint density at radius 3 is 2.91 bits per heavy atom. The van der Waals surface area contributed by atoms with E-state index in [-0.39, 0.29) is 6.03 Å². The number of nitrogens with one attached hydrogen (secondary N) is 2. The summed E-state index contributed by atoms with van der Waals surface area (Å²) in [5.41, 5.74) is 1.55. The maximum Gasteiger partial charge on any atom is 0.319 e. The van der Waals surface area contributed by atoms with Gasteiger partial charge in [-0.2, -0.15) is 0 Å². The first kappa shape index (κ1) is 14.2. The highest BCUT2D eigenvalue weighted by Gasteiger charge is 2.16. The number of carbonyl (C=O) groups excluding carboxylic acids is 1. The summed E-state index contributed by atoms with van der Waals surface area (Å²) in [5, 5.41) is 5.58. The molecule has 6 nitrogen and oxygen atoms in total. The van der Waals surface area contributed by atoms with Gasteiger partial charge < -0.3 is 20.1 Å². The number of nitrogens with zero attached hydrogens (tertiary/aromatic N) is 1. The molecule has 3 rings (SSSR count). The number of fused-ring (bicyclic) bond motifs is 1. The van der Waals surface area contributed by atoms with Gasteiger partial charge in [0.1, 0.15) is 13.2 Å². The van der Waals surface area contributed by atoms with Crippen molar-refractivity contribution in [3.63, 3.8) is 0 Å². The second kappa shape index (κ2) is 6.80. The van der Waals surface area contributed by atoms with Gasteiger partial charge in [-0.15, -0.1) is 0 Å². The lowest BCUT2D eigenvalue weighted by Crippen LogP contribution is -2.31. The van der Waals surface area contributed by atoms with Crippen molar-refractivity contribution >= 4 is 11.7 Å². The molecule has 114 valence electrons. The van der Waals surface area contributed by atoms with Gasteiger partial charge in [0.05, 0.1) is 5.69 Å². The highest BCUT2D eigenvalue weighted by Crippen LogP contribution is 2.37. The van der Waals surface area contributed by atoms with Gasteiger partial charge in [-0.1, -0.05) is 12.1 Å². The summed E-state index contributed by atoms with van der Waals surface area (Å²) >= 11 is 0. The van der Waals surface area contributed by atoms with Crippen LogP contribution in [0.3, 0.4) is 0 Å². The lowest BCUT2D eigenvalue weighted by atomic mass is 10.2. The number of amides is 2. The molecule has 1 aliphatic heterocycles. The average molecular weight is 299 g/mol. The van der Waals surface area contributed by atoms with Crippen LogP contribution in [0.4, 0.5) is 10.5 Å². The molecule has 6 heteroatoms. The van der Waals surface area contributed by atoms with Gasteiger partial charge >= 0.3 is 6.03 Å². The van der Waals surface area contributed by atoms with E-state index in [1.165, 1.54) is 0 Å². The van der Waals surface area contributed by atoms with Gasteiger partial charge in [-0.25, -0.2) is 4.79 Å². The fourth-order valence-corrected chi connectivity index (χ4v) is 2.19. The Bertz CT molecular complexity index is 646. The molecule has 22 heavy (non-hydrogen) atoms. The number of benzene rings is 1. The highest BCUT2D eigenvalue weighted by atomic mass is 16.6. The van der Waals surface area contributed by atoms with Crippen molar-refractivity contribution in [2.45, 2.75) is 6.42 Å². The third-order valence-electron chi connectivity index (χ3n) is 3.21. The smallest absolute Gasteiger partial charge is 0.319 e. The molecular formula is C16H17N3O3. The Kier molecular flexibility index (Phi) is 4.38. The molecule has 0 spiro atoms. The van der Waals surface area contributed by atoms with Gasteiger partial charge in [0.15, 0.2) is 11.5 Å². The summed E-state index contributed by atoms with van der Waals surface area (Å²) in [6.07, 6.45) is 2.42. The van der Waals surface area contributed by atoms with Crippen LogP contribution in [0.15, 0.2) is 42.6 Å². The van der Waals surface area contributed by atoms with Crippen LogP contribution in [0, 0.1) is 0 Å². The predicted octanol–water partition coefficient (Wildman–Crippen LogP) is 2.22. The summed E-state index contributed by atoms with van der Waals surface area (Å²) in [5.74, 6) is 1.23. The highest BCUT2D eigenvalue weighted by molar-refractivity contribution is 5.91. The van der Waals surface area contributed by atoms with Gasteiger partial charge in [-0.05, 0) is 24.3 Å². The van der Waals surface area contributed by atoms with E-state index in [1.807, 2.05) is 30.3 Å². The molecule has 2 amide bonds. The number of pyridine rings is 1. The maximum absolute atomic E-state index is 11.9.